The second-order valence-electron chi connectivity index (χ2n) is 3.41. The third-order valence-corrected chi connectivity index (χ3v) is 2.52. The lowest BCUT2D eigenvalue weighted by molar-refractivity contribution is 0.0723. The van der Waals surface area contributed by atoms with Crippen LogP contribution < -0.4 is 0 Å². The van der Waals surface area contributed by atoms with Gasteiger partial charge in [0, 0.05) is 5.56 Å². The molecule has 0 bridgehead atoms. The van der Waals surface area contributed by atoms with Crippen LogP contribution in [-0.2, 0) is 4.74 Å². The minimum Gasteiger partial charge on any atom is -0.410 e. The molecule has 0 unspecified atom stereocenters. The largest absolute Gasteiger partial charge is 0.410 e. The predicted molar refractivity (Wildman–Crippen MR) is 70.0 cm³/mol. The van der Waals surface area contributed by atoms with Crippen molar-refractivity contribution in [2.75, 3.05) is 0 Å². The van der Waals surface area contributed by atoms with Crippen LogP contribution in [0.5, 0.6) is 0 Å². The Bertz CT molecular complexity index is 471. The highest BCUT2D eigenvalue weighted by molar-refractivity contribution is 7.80. The monoisotopic (exact) mass is 242 g/mol. The predicted octanol–water partition coefficient (Wildman–Crippen LogP) is 3.22. The van der Waals surface area contributed by atoms with Crippen LogP contribution in [0, 0.1) is 0 Å². The van der Waals surface area contributed by atoms with Gasteiger partial charge in [-0.3, -0.25) is 0 Å². The zero-order valence-electron chi connectivity index (χ0n) is 9.00. The summed E-state index contributed by atoms with van der Waals surface area (Å²) in [5, 5.41) is 0.194. The molecular formula is C14H10O2S. The SMILES string of the molecule is O=C(OC(=S)c1ccccc1)c1ccccc1. The van der Waals surface area contributed by atoms with E-state index in [2.05, 4.69) is 0 Å². The van der Waals surface area contributed by atoms with E-state index in [-0.39, 0.29) is 5.05 Å². The minimum absolute atomic E-state index is 0.194. The van der Waals surface area contributed by atoms with E-state index in [4.69, 9.17) is 17.0 Å². The van der Waals surface area contributed by atoms with Crippen molar-refractivity contribution in [3.8, 4) is 0 Å². The average molecular weight is 242 g/mol. The van der Waals surface area contributed by atoms with Gasteiger partial charge in [-0.15, -0.1) is 0 Å². The van der Waals surface area contributed by atoms with Gasteiger partial charge in [0.05, 0.1) is 5.56 Å². The van der Waals surface area contributed by atoms with Gasteiger partial charge in [-0.25, -0.2) is 4.79 Å². The Morgan fingerprint density at radius 3 is 1.82 bits per heavy atom. The lowest BCUT2D eigenvalue weighted by Crippen LogP contribution is -2.11. The first-order valence-corrected chi connectivity index (χ1v) is 5.55. The molecule has 2 aromatic rings. The quantitative estimate of drug-likeness (QED) is 0.597. The minimum atomic E-state index is -0.431. The molecule has 0 atom stereocenters. The van der Waals surface area contributed by atoms with E-state index in [0.717, 1.165) is 5.56 Å². The Balaban J connectivity index is 2.08. The van der Waals surface area contributed by atoms with Crippen molar-refractivity contribution in [3.05, 3.63) is 71.8 Å². The van der Waals surface area contributed by atoms with Crippen LogP contribution in [0.1, 0.15) is 15.9 Å². The molecule has 0 spiro atoms. The molecule has 0 N–H and O–H groups in total. The zero-order chi connectivity index (χ0) is 12.1. The summed E-state index contributed by atoms with van der Waals surface area (Å²) in [5.74, 6) is -0.431. The molecule has 84 valence electrons. The third kappa shape index (κ3) is 2.98. The van der Waals surface area contributed by atoms with Gasteiger partial charge in [0.2, 0.25) is 5.05 Å². The Labute approximate surface area is 105 Å². The molecule has 0 aliphatic heterocycles. The lowest BCUT2D eigenvalue weighted by Gasteiger charge is -2.05. The molecule has 0 saturated carbocycles. The molecule has 2 nitrogen and oxygen atoms in total. The van der Waals surface area contributed by atoms with Gasteiger partial charge in [-0.1, -0.05) is 48.5 Å². The van der Waals surface area contributed by atoms with Crippen LogP contribution in [0.4, 0.5) is 0 Å². The molecule has 3 heteroatoms. The van der Waals surface area contributed by atoms with E-state index in [1.165, 1.54) is 0 Å². The number of esters is 1. The summed E-state index contributed by atoms with van der Waals surface area (Å²) in [4.78, 5) is 11.7. The van der Waals surface area contributed by atoms with E-state index < -0.39 is 5.97 Å². The molecule has 2 aromatic carbocycles. The highest BCUT2D eigenvalue weighted by Gasteiger charge is 2.10. The number of carbonyl (C=O) groups is 1. The van der Waals surface area contributed by atoms with Crippen molar-refractivity contribution in [2.45, 2.75) is 0 Å². The fraction of sp³-hybridized carbons (Fsp3) is 0. The molecule has 0 aromatic heterocycles. The molecule has 0 radical (unpaired) electrons. The van der Waals surface area contributed by atoms with Gasteiger partial charge in [0.1, 0.15) is 0 Å². The number of benzene rings is 2. The van der Waals surface area contributed by atoms with Gasteiger partial charge in [0.25, 0.3) is 0 Å². The first kappa shape index (κ1) is 11.5. The number of thiocarbonyl (C=S) groups is 1. The van der Waals surface area contributed by atoms with Crippen LogP contribution in [0.15, 0.2) is 60.7 Å². The molecule has 0 amide bonds. The smallest absolute Gasteiger partial charge is 0.344 e. The van der Waals surface area contributed by atoms with E-state index in [9.17, 15) is 4.79 Å². The number of hydrogen-bond donors (Lipinski definition) is 0. The number of ether oxygens (including phenoxy) is 1. The molecular weight excluding hydrogens is 232 g/mol. The Hall–Kier alpha value is -2.00. The van der Waals surface area contributed by atoms with Gasteiger partial charge >= 0.3 is 5.97 Å². The van der Waals surface area contributed by atoms with Crippen LogP contribution in [-0.4, -0.2) is 11.0 Å². The van der Waals surface area contributed by atoms with Crippen LogP contribution >= 0.6 is 12.2 Å². The molecule has 17 heavy (non-hydrogen) atoms. The maximum absolute atomic E-state index is 11.7. The standard InChI is InChI=1S/C14H10O2S/c15-13(11-7-3-1-4-8-11)16-14(17)12-9-5-2-6-10-12/h1-10H. The van der Waals surface area contributed by atoms with Crippen LogP contribution in [0.25, 0.3) is 0 Å². The van der Waals surface area contributed by atoms with Gasteiger partial charge in [0.15, 0.2) is 0 Å². The number of carbonyl (C=O) groups excluding carboxylic acids is 1. The van der Waals surface area contributed by atoms with Crippen molar-refractivity contribution in [1.29, 1.82) is 0 Å². The topological polar surface area (TPSA) is 26.3 Å². The van der Waals surface area contributed by atoms with Crippen molar-refractivity contribution < 1.29 is 9.53 Å². The fourth-order valence-electron chi connectivity index (χ4n) is 1.35. The Morgan fingerprint density at radius 2 is 1.29 bits per heavy atom. The van der Waals surface area contributed by atoms with Gasteiger partial charge in [-0.2, -0.15) is 0 Å². The summed E-state index contributed by atoms with van der Waals surface area (Å²) in [5.41, 5.74) is 1.22. The number of rotatable bonds is 2. The van der Waals surface area contributed by atoms with E-state index in [1.54, 1.807) is 36.4 Å². The van der Waals surface area contributed by atoms with Crippen LogP contribution in [0.3, 0.4) is 0 Å². The molecule has 0 heterocycles. The second-order valence-corrected chi connectivity index (χ2v) is 3.78. The maximum Gasteiger partial charge on any atom is 0.344 e. The summed E-state index contributed by atoms with van der Waals surface area (Å²) < 4.78 is 5.12. The highest BCUT2D eigenvalue weighted by Crippen LogP contribution is 2.07. The van der Waals surface area contributed by atoms with Crippen molar-refractivity contribution in [1.82, 2.24) is 0 Å². The summed E-state index contributed by atoms with van der Waals surface area (Å²) in [6, 6.07) is 18.0. The Morgan fingerprint density at radius 1 is 0.824 bits per heavy atom. The van der Waals surface area contributed by atoms with E-state index in [0.29, 0.717) is 5.56 Å². The second kappa shape index (κ2) is 5.37. The lowest BCUT2D eigenvalue weighted by atomic mass is 10.2. The molecule has 2 rings (SSSR count). The van der Waals surface area contributed by atoms with Crippen molar-refractivity contribution >= 4 is 23.2 Å². The maximum atomic E-state index is 11.7. The summed E-state index contributed by atoms with van der Waals surface area (Å²) in [6.45, 7) is 0. The van der Waals surface area contributed by atoms with E-state index in [1.807, 2.05) is 24.3 Å². The van der Waals surface area contributed by atoms with E-state index >= 15 is 0 Å². The number of hydrogen-bond acceptors (Lipinski definition) is 3. The van der Waals surface area contributed by atoms with Gasteiger partial charge < -0.3 is 4.74 Å². The zero-order valence-corrected chi connectivity index (χ0v) is 9.81. The summed E-state index contributed by atoms with van der Waals surface area (Å²) in [7, 11) is 0. The molecule has 0 saturated heterocycles. The van der Waals surface area contributed by atoms with Crippen LogP contribution in [0.2, 0.25) is 0 Å². The van der Waals surface area contributed by atoms with Gasteiger partial charge in [-0.05, 0) is 24.4 Å². The Kier molecular flexibility index (Phi) is 3.62. The average Bonchev–Trinajstić information content (AvgIpc) is 2.40. The first-order valence-electron chi connectivity index (χ1n) is 5.14. The van der Waals surface area contributed by atoms with Crippen molar-refractivity contribution in [2.24, 2.45) is 0 Å². The fourth-order valence-corrected chi connectivity index (χ4v) is 1.56. The highest BCUT2D eigenvalue weighted by atomic mass is 32.1. The summed E-state index contributed by atoms with van der Waals surface area (Å²) in [6.07, 6.45) is 0. The normalized spacial score (nSPS) is 9.65. The summed E-state index contributed by atoms with van der Waals surface area (Å²) >= 11 is 5.05. The third-order valence-electron chi connectivity index (χ3n) is 2.20. The molecule has 0 aliphatic rings. The molecule has 0 aliphatic carbocycles. The first-order chi connectivity index (χ1) is 8.27. The van der Waals surface area contributed by atoms with Crippen molar-refractivity contribution in [3.63, 3.8) is 0 Å². The molecule has 0 fully saturated rings.